The van der Waals surface area contributed by atoms with Crippen LogP contribution in [-0.2, 0) is 0 Å². The number of anilines is 2. The lowest BCUT2D eigenvalue weighted by atomic mass is 9.85. The van der Waals surface area contributed by atoms with E-state index in [4.69, 9.17) is 4.74 Å². The van der Waals surface area contributed by atoms with E-state index in [1.165, 1.54) is 6.42 Å². The van der Waals surface area contributed by atoms with Gasteiger partial charge < -0.3 is 15.2 Å². The van der Waals surface area contributed by atoms with E-state index in [1.807, 2.05) is 72.8 Å². The van der Waals surface area contributed by atoms with E-state index in [0.717, 1.165) is 59.3 Å². The van der Waals surface area contributed by atoms with Crippen molar-refractivity contribution in [2.24, 2.45) is 0 Å². The number of nitrogens with zero attached hydrogens (tertiary/aromatic N) is 2. The van der Waals surface area contributed by atoms with Crippen LogP contribution in [0, 0.1) is 11.8 Å². The van der Waals surface area contributed by atoms with E-state index in [-0.39, 0.29) is 0 Å². The van der Waals surface area contributed by atoms with E-state index >= 15 is 0 Å². The molecule has 0 spiro atoms. The number of aliphatic hydroxyl groups is 1. The fraction of sp³-hybridized carbons (Fsp3) is 0.214. The second-order valence-corrected chi connectivity index (χ2v) is 8.36. The van der Waals surface area contributed by atoms with Gasteiger partial charge in [-0.3, -0.25) is 0 Å². The molecule has 1 aromatic heterocycles. The maximum absolute atomic E-state index is 10.7. The van der Waals surface area contributed by atoms with Crippen molar-refractivity contribution < 1.29 is 9.84 Å². The summed E-state index contributed by atoms with van der Waals surface area (Å²) in [7, 11) is 0. The van der Waals surface area contributed by atoms with Crippen LogP contribution in [0.15, 0.2) is 79.1 Å². The van der Waals surface area contributed by atoms with Crippen LogP contribution >= 0.6 is 0 Å². The van der Waals surface area contributed by atoms with E-state index in [2.05, 4.69) is 27.1 Å². The van der Waals surface area contributed by atoms with Gasteiger partial charge in [-0.25, -0.2) is 9.97 Å². The Balaban J connectivity index is 1.36. The largest absolute Gasteiger partial charge is 0.457 e. The summed E-state index contributed by atoms with van der Waals surface area (Å²) in [5.41, 5.74) is 1.69. The van der Waals surface area contributed by atoms with Crippen LogP contribution in [0.1, 0.15) is 37.7 Å². The van der Waals surface area contributed by atoms with E-state index in [9.17, 15) is 5.11 Å². The highest BCUT2D eigenvalue weighted by atomic mass is 16.5. The summed E-state index contributed by atoms with van der Waals surface area (Å²) in [6.07, 6.45) is 6.26. The molecule has 1 heterocycles. The summed E-state index contributed by atoms with van der Waals surface area (Å²) in [6.45, 7) is 0. The molecule has 4 aromatic rings. The Morgan fingerprint density at radius 1 is 0.848 bits per heavy atom. The van der Waals surface area contributed by atoms with Gasteiger partial charge >= 0.3 is 0 Å². The van der Waals surface area contributed by atoms with E-state index < -0.39 is 5.60 Å². The molecule has 1 fully saturated rings. The number of fused-ring (bicyclic) bond motifs is 1. The first-order valence-electron chi connectivity index (χ1n) is 11.3. The van der Waals surface area contributed by atoms with Gasteiger partial charge in [0.1, 0.15) is 29.2 Å². The molecule has 1 aliphatic carbocycles. The highest BCUT2D eigenvalue weighted by Gasteiger charge is 2.26. The van der Waals surface area contributed by atoms with Gasteiger partial charge in [0.05, 0.1) is 5.52 Å². The quantitative estimate of drug-likeness (QED) is 0.373. The summed E-state index contributed by atoms with van der Waals surface area (Å²) in [6, 6.07) is 23.3. The van der Waals surface area contributed by atoms with Gasteiger partial charge in [0.25, 0.3) is 0 Å². The molecule has 33 heavy (non-hydrogen) atoms. The third-order valence-corrected chi connectivity index (χ3v) is 5.85. The van der Waals surface area contributed by atoms with Crippen LogP contribution in [0.25, 0.3) is 10.9 Å². The number of benzene rings is 3. The maximum Gasteiger partial charge on any atom is 0.141 e. The Hall–Kier alpha value is -3.88. The number of nitrogens with one attached hydrogen (secondary N) is 1. The first-order chi connectivity index (χ1) is 16.2. The molecular formula is C28H25N3O2. The zero-order valence-corrected chi connectivity index (χ0v) is 18.3. The van der Waals surface area contributed by atoms with Crippen LogP contribution in [0.4, 0.5) is 11.5 Å². The van der Waals surface area contributed by atoms with Crippen molar-refractivity contribution in [3.8, 4) is 23.3 Å². The summed E-state index contributed by atoms with van der Waals surface area (Å²) >= 11 is 0. The zero-order valence-electron chi connectivity index (χ0n) is 18.3. The van der Waals surface area contributed by atoms with E-state index in [0.29, 0.717) is 5.82 Å². The smallest absolute Gasteiger partial charge is 0.141 e. The van der Waals surface area contributed by atoms with Gasteiger partial charge in [-0.05, 0) is 80.3 Å². The molecule has 0 bridgehead atoms. The monoisotopic (exact) mass is 435 g/mol. The summed E-state index contributed by atoms with van der Waals surface area (Å²) in [4.78, 5) is 8.83. The molecule has 3 aromatic carbocycles. The first kappa shape index (κ1) is 21.0. The average Bonchev–Trinajstić information content (AvgIpc) is 2.85. The molecule has 5 rings (SSSR count). The van der Waals surface area contributed by atoms with Gasteiger partial charge in [0, 0.05) is 16.6 Å². The molecule has 1 saturated carbocycles. The molecule has 0 amide bonds. The minimum Gasteiger partial charge on any atom is -0.457 e. The summed E-state index contributed by atoms with van der Waals surface area (Å²) in [5.74, 6) is 8.54. The second-order valence-electron chi connectivity index (χ2n) is 8.36. The van der Waals surface area contributed by atoms with Crippen LogP contribution < -0.4 is 10.1 Å². The topological polar surface area (TPSA) is 67.3 Å². The summed E-state index contributed by atoms with van der Waals surface area (Å²) in [5, 5.41) is 14.9. The maximum atomic E-state index is 10.7. The number of para-hydroxylation sites is 1. The minimum absolute atomic E-state index is 0.705. The van der Waals surface area contributed by atoms with Crippen molar-refractivity contribution in [3.63, 3.8) is 0 Å². The molecular weight excluding hydrogens is 410 g/mol. The molecule has 5 heteroatoms. The number of hydrogen-bond donors (Lipinski definition) is 2. The highest BCUT2D eigenvalue weighted by Crippen LogP contribution is 2.29. The van der Waals surface area contributed by atoms with Crippen molar-refractivity contribution in [2.75, 3.05) is 5.32 Å². The van der Waals surface area contributed by atoms with Gasteiger partial charge in [-0.1, -0.05) is 36.5 Å². The van der Waals surface area contributed by atoms with Crippen molar-refractivity contribution in [2.45, 2.75) is 37.7 Å². The molecule has 164 valence electrons. The number of rotatable bonds is 4. The fourth-order valence-electron chi connectivity index (χ4n) is 4.05. The number of aromatic nitrogens is 2. The second kappa shape index (κ2) is 9.32. The molecule has 0 saturated heterocycles. The molecule has 0 radical (unpaired) electrons. The van der Waals surface area contributed by atoms with Gasteiger partial charge in [-0.2, -0.15) is 0 Å². The molecule has 2 N–H and O–H groups in total. The standard InChI is InChI=1S/C28H25N3O2/c32-28(16-5-2-6-17-28)18-15-21-9-14-26-25(19-21)27(30-20-29-26)31-22-10-12-24(13-11-22)33-23-7-3-1-4-8-23/h1,3-4,7-14,19-20,32H,2,5-6,16-17H2,(H,29,30,31). The van der Waals surface area contributed by atoms with Crippen LogP contribution in [-0.4, -0.2) is 20.7 Å². The van der Waals surface area contributed by atoms with E-state index in [1.54, 1.807) is 6.33 Å². The average molecular weight is 436 g/mol. The van der Waals surface area contributed by atoms with Gasteiger partial charge in [0.2, 0.25) is 0 Å². The lowest BCUT2D eigenvalue weighted by Crippen LogP contribution is -2.29. The lowest BCUT2D eigenvalue weighted by Gasteiger charge is -2.26. The normalized spacial score (nSPS) is 14.8. The molecule has 0 unspecified atom stereocenters. The molecule has 5 nitrogen and oxygen atoms in total. The fourth-order valence-corrected chi connectivity index (χ4v) is 4.05. The highest BCUT2D eigenvalue weighted by molar-refractivity contribution is 5.91. The minimum atomic E-state index is -0.870. The lowest BCUT2D eigenvalue weighted by molar-refractivity contribution is 0.0610. The van der Waals surface area contributed by atoms with Crippen molar-refractivity contribution in [3.05, 3.63) is 84.7 Å². The number of hydrogen-bond acceptors (Lipinski definition) is 5. The first-order valence-corrected chi connectivity index (χ1v) is 11.3. The Morgan fingerprint density at radius 2 is 1.61 bits per heavy atom. The van der Waals surface area contributed by atoms with Crippen LogP contribution in [0.2, 0.25) is 0 Å². The Bertz CT molecular complexity index is 1300. The molecule has 0 atom stereocenters. The van der Waals surface area contributed by atoms with Crippen molar-refractivity contribution in [1.82, 2.24) is 9.97 Å². The van der Waals surface area contributed by atoms with Gasteiger partial charge in [0.15, 0.2) is 0 Å². The summed E-state index contributed by atoms with van der Waals surface area (Å²) < 4.78 is 5.87. The zero-order chi connectivity index (χ0) is 22.5. The predicted octanol–water partition coefficient (Wildman–Crippen LogP) is 6.21. The van der Waals surface area contributed by atoms with Crippen LogP contribution in [0.5, 0.6) is 11.5 Å². The van der Waals surface area contributed by atoms with Crippen molar-refractivity contribution >= 4 is 22.4 Å². The SMILES string of the molecule is OC1(C#Cc2ccc3ncnc(Nc4ccc(Oc5ccccc5)cc4)c3c2)CCCCC1. The Kier molecular flexibility index (Phi) is 5.93. The number of ether oxygens (including phenoxy) is 1. The Labute approximate surface area is 193 Å². The predicted molar refractivity (Wildman–Crippen MR) is 131 cm³/mol. The van der Waals surface area contributed by atoms with Crippen molar-refractivity contribution in [1.29, 1.82) is 0 Å². The van der Waals surface area contributed by atoms with Gasteiger partial charge in [-0.15, -0.1) is 0 Å². The third-order valence-electron chi connectivity index (χ3n) is 5.85. The van der Waals surface area contributed by atoms with Crippen LogP contribution in [0.3, 0.4) is 0 Å². The Morgan fingerprint density at radius 3 is 2.39 bits per heavy atom. The molecule has 1 aliphatic rings. The molecule has 0 aliphatic heterocycles. The third kappa shape index (κ3) is 5.14.